The van der Waals surface area contributed by atoms with Crippen LogP contribution in [0.2, 0.25) is 5.02 Å². The van der Waals surface area contributed by atoms with Crippen LogP contribution in [0.25, 0.3) is 0 Å². The number of nitrogens with one attached hydrogen (secondary N) is 1. The SMILES string of the molecule is CCNC(=O)c1cc(C(N)=O)c(C)cc1OC(CN1CCN(C(=O)OC(C)(C)C)CC1)c1ccc(Cl)cn1. The number of nitrogens with two attached hydrogens (primary N) is 1. The van der Waals surface area contributed by atoms with Gasteiger partial charge in [-0.15, -0.1) is 0 Å². The number of primary amides is 1. The van der Waals surface area contributed by atoms with Crippen molar-refractivity contribution in [2.45, 2.75) is 46.3 Å². The molecule has 0 spiro atoms. The molecule has 206 valence electrons. The molecule has 2 aromatic rings. The van der Waals surface area contributed by atoms with Gasteiger partial charge in [-0.1, -0.05) is 11.6 Å². The van der Waals surface area contributed by atoms with Gasteiger partial charge in [0.1, 0.15) is 11.4 Å². The smallest absolute Gasteiger partial charge is 0.410 e. The van der Waals surface area contributed by atoms with Crippen LogP contribution in [0.15, 0.2) is 30.5 Å². The second-order valence-electron chi connectivity index (χ2n) is 10.2. The number of nitrogens with zero attached hydrogens (tertiary/aromatic N) is 3. The zero-order valence-corrected chi connectivity index (χ0v) is 23.3. The summed E-state index contributed by atoms with van der Waals surface area (Å²) in [6.45, 7) is 12.1. The molecular formula is C27H36ClN5O5. The fourth-order valence-electron chi connectivity index (χ4n) is 4.07. The number of pyridine rings is 1. The molecule has 1 fully saturated rings. The van der Waals surface area contributed by atoms with E-state index >= 15 is 0 Å². The highest BCUT2D eigenvalue weighted by molar-refractivity contribution is 6.30. The number of halogens is 1. The summed E-state index contributed by atoms with van der Waals surface area (Å²) in [5.41, 5.74) is 6.64. The average molecular weight is 546 g/mol. The Bertz CT molecular complexity index is 1160. The summed E-state index contributed by atoms with van der Waals surface area (Å²) in [6.07, 6.45) is 0.646. The van der Waals surface area contributed by atoms with Crippen molar-refractivity contribution in [1.29, 1.82) is 0 Å². The molecule has 0 bridgehead atoms. The van der Waals surface area contributed by atoms with E-state index in [1.165, 1.54) is 6.07 Å². The lowest BCUT2D eigenvalue weighted by atomic mass is 10.0. The van der Waals surface area contributed by atoms with Crippen molar-refractivity contribution in [2.24, 2.45) is 5.73 Å². The van der Waals surface area contributed by atoms with Gasteiger partial charge in [0.25, 0.3) is 5.91 Å². The largest absolute Gasteiger partial charge is 0.482 e. The van der Waals surface area contributed by atoms with Crippen molar-refractivity contribution >= 4 is 29.5 Å². The molecule has 10 nitrogen and oxygen atoms in total. The van der Waals surface area contributed by atoms with Crippen molar-refractivity contribution in [1.82, 2.24) is 20.1 Å². The Morgan fingerprint density at radius 2 is 1.82 bits per heavy atom. The molecule has 1 unspecified atom stereocenters. The Balaban J connectivity index is 1.85. The standard InChI is InChI=1S/C27H36ClN5O5/c1-6-30-25(35)20-14-19(24(29)34)17(2)13-22(20)37-23(21-8-7-18(28)15-31-21)16-32-9-11-33(12-10-32)26(36)38-27(3,4)5/h7-8,13-15,23H,6,9-12,16H2,1-5H3,(H2,29,34)(H,30,35). The molecule has 1 saturated heterocycles. The highest BCUT2D eigenvalue weighted by atomic mass is 35.5. The van der Waals surface area contributed by atoms with Crippen LogP contribution in [0.4, 0.5) is 4.79 Å². The Hall–Kier alpha value is -3.37. The van der Waals surface area contributed by atoms with Gasteiger partial charge in [-0.3, -0.25) is 19.5 Å². The number of aryl methyl sites for hydroxylation is 1. The van der Waals surface area contributed by atoms with Crippen molar-refractivity contribution < 1.29 is 23.9 Å². The molecule has 1 aliphatic heterocycles. The first-order valence-electron chi connectivity index (χ1n) is 12.6. The van der Waals surface area contributed by atoms with Crippen LogP contribution in [0.5, 0.6) is 5.75 Å². The van der Waals surface area contributed by atoms with Gasteiger partial charge in [-0.05, 0) is 64.4 Å². The van der Waals surface area contributed by atoms with Gasteiger partial charge in [0.05, 0.1) is 16.3 Å². The summed E-state index contributed by atoms with van der Waals surface area (Å²) in [7, 11) is 0. The molecule has 0 saturated carbocycles. The van der Waals surface area contributed by atoms with E-state index < -0.39 is 17.6 Å². The summed E-state index contributed by atoms with van der Waals surface area (Å²) >= 11 is 6.07. The summed E-state index contributed by atoms with van der Waals surface area (Å²) in [6, 6.07) is 6.62. The Morgan fingerprint density at radius 1 is 1.13 bits per heavy atom. The number of hydrogen-bond donors (Lipinski definition) is 2. The zero-order chi connectivity index (χ0) is 28.0. The number of hydrogen-bond acceptors (Lipinski definition) is 7. The van der Waals surface area contributed by atoms with Crippen molar-refractivity contribution in [2.75, 3.05) is 39.3 Å². The average Bonchev–Trinajstić information content (AvgIpc) is 2.83. The number of piperazine rings is 1. The van der Waals surface area contributed by atoms with E-state index in [0.717, 1.165) is 0 Å². The Labute approximate surface area is 228 Å². The van der Waals surface area contributed by atoms with Gasteiger partial charge in [-0.2, -0.15) is 0 Å². The molecule has 3 rings (SSSR count). The summed E-state index contributed by atoms with van der Waals surface area (Å²) in [4.78, 5) is 45.6. The van der Waals surface area contributed by atoms with Crippen LogP contribution >= 0.6 is 11.6 Å². The van der Waals surface area contributed by atoms with Gasteiger partial charge in [0.2, 0.25) is 5.91 Å². The maximum absolute atomic E-state index is 12.9. The van der Waals surface area contributed by atoms with E-state index in [1.807, 2.05) is 20.8 Å². The highest BCUT2D eigenvalue weighted by Crippen LogP contribution is 2.29. The van der Waals surface area contributed by atoms with Crippen LogP contribution in [0.3, 0.4) is 0 Å². The van der Waals surface area contributed by atoms with E-state index in [-0.39, 0.29) is 23.1 Å². The number of aromatic nitrogens is 1. The Morgan fingerprint density at radius 3 is 2.37 bits per heavy atom. The van der Waals surface area contributed by atoms with Gasteiger partial charge in [0, 0.05) is 51.0 Å². The van der Waals surface area contributed by atoms with Crippen LogP contribution in [0, 0.1) is 6.92 Å². The Kier molecular flexibility index (Phi) is 9.56. The van der Waals surface area contributed by atoms with Crippen LogP contribution < -0.4 is 15.8 Å². The molecule has 38 heavy (non-hydrogen) atoms. The van der Waals surface area contributed by atoms with Crippen molar-refractivity contribution in [3.8, 4) is 5.75 Å². The van der Waals surface area contributed by atoms with E-state index in [4.69, 9.17) is 26.8 Å². The molecule has 3 amide bonds. The zero-order valence-electron chi connectivity index (χ0n) is 22.5. The van der Waals surface area contributed by atoms with E-state index in [1.54, 1.807) is 43.1 Å². The minimum Gasteiger partial charge on any atom is -0.482 e. The minimum absolute atomic E-state index is 0.208. The number of ether oxygens (including phenoxy) is 2. The van der Waals surface area contributed by atoms with Crippen LogP contribution in [0.1, 0.15) is 65.8 Å². The first-order valence-corrected chi connectivity index (χ1v) is 13.0. The first kappa shape index (κ1) is 29.2. The molecule has 1 aliphatic rings. The van der Waals surface area contributed by atoms with Gasteiger partial charge >= 0.3 is 6.09 Å². The predicted molar refractivity (Wildman–Crippen MR) is 145 cm³/mol. The van der Waals surface area contributed by atoms with Crippen LogP contribution in [-0.2, 0) is 4.74 Å². The second kappa shape index (κ2) is 12.4. The summed E-state index contributed by atoms with van der Waals surface area (Å²) in [5, 5.41) is 3.25. The maximum Gasteiger partial charge on any atom is 0.410 e. The first-order chi connectivity index (χ1) is 17.9. The number of carbonyl (C=O) groups is 3. The molecule has 0 radical (unpaired) electrons. The summed E-state index contributed by atoms with van der Waals surface area (Å²) < 4.78 is 11.9. The number of amides is 3. The number of rotatable bonds is 8. The second-order valence-corrected chi connectivity index (χ2v) is 10.6. The topological polar surface area (TPSA) is 127 Å². The lowest BCUT2D eigenvalue weighted by molar-refractivity contribution is 0.0109. The lowest BCUT2D eigenvalue weighted by Crippen LogP contribution is -2.51. The van der Waals surface area contributed by atoms with Crippen molar-refractivity contribution in [3.05, 3.63) is 57.9 Å². The maximum atomic E-state index is 12.9. The number of benzene rings is 1. The van der Waals surface area contributed by atoms with Gasteiger partial charge < -0.3 is 25.4 Å². The lowest BCUT2D eigenvalue weighted by Gasteiger charge is -2.37. The molecule has 2 heterocycles. The quantitative estimate of drug-likeness (QED) is 0.519. The van der Waals surface area contributed by atoms with E-state index in [9.17, 15) is 14.4 Å². The normalized spacial score (nSPS) is 15.1. The third kappa shape index (κ3) is 7.82. The monoisotopic (exact) mass is 545 g/mol. The molecule has 3 N–H and O–H groups in total. The molecule has 0 aliphatic carbocycles. The third-order valence-electron chi connectivity index (χ3n) is 5.97. The van der Waals surface area contributed by atoms with Gasteiger partial charge in [0.15, 0.2) is 6.10 Å². The third-order valence-corrected chi connectivity index (χ3v) is 6.19. The molecule has 1 atom stereocenters. The van der Waals surface area contributed by atoms with Crippen molar-refractivity contribution in [3.63, 3.8) is 0 Å². The van der Waals surface area contributed by atoms with E-state index in [2.05, 4.69) is 15.2 Å². The molecule has 11 heteroatoms. The highest BCUT2D eigenvalue weighted by Gasteiger charge is 2.29. The van der Waals surface area contributed by atoms with Gasteiger partial charge in [-0.25, -0.2) is 4.79 Å². The van der Waals surface area contributed by atoms with E-state index in [0.29, 0.717) is 61.3 Å². The molecular weight excluding hydrogens is 510 g/mol. The number of carbonyl (C=O) groups excluding carboxylic acids is 3. The summed E-state index contributed by atoms with van der Waals surface area (Å²) in [5.74, 6) is -0.690. The van der Waals surface area contributed by atoms with Crippen LogP contribution in [-0.4, -0.2) is 77.6 Å². The fraction of sp³-hybridized carbons (Fsp3) is 0.481. The fourth-order valence-corrected chi connectivity index (χ4v) is 4.19. The molecule has 1 aromatic heterocycles. The predicted octanol–water partition coefficient (Wildman–Crippen LogP) is 3.56. The molecule has 1 aromatic carbocycles. The minimum atomic E-state index is -0.627.